The van der Waals surface area contributed by atoms with E-state index in [1.165, 1.54) is 6.07 Å². The fraction of sp³-hybridized carbons (Fsp3) is 0.231. The van der Waals surface area contributed by atoms with Gasteiger partial charge in [-0.2, -0.15) is 0 Å². The third-order valence-corrected chi connectivity index (χ3v) is 2.55. The van der Waals surface area contributed by atoms with Gasteiger partial charge >= 0.3 is 0 Å². The lowest BCUT2D eigenvalue weighted by atomic mass is 10.2. The van der Waals surface area contributed by atoms with Crippen LogP contribution >= 0.6 is 0 Å². The average Bonchev–Trinajstić information content (AvgIpc) is 2.37. The molecule has 0 saturated heterocycles. The number of nitrogens with zero attached hydrogens (tertiary/aromatic N) is 2. The van der Waals surface area contributed by atoms with Crippen LogP contribution in [0.15, 0.2) is 30.6 Å². The lowest BCUT2D eigenvalue weighted by molar-refractivity contribution is 0.397. The van der Waals surface area contributed by atoms with E-state index in [4.69, 9.17) is 0 Å². The molecule has 0 fully saturated rings. The third kappa shape index (κ3) is 2.95. The Hall–Kier alpha value is -2.14. The Morgan fingerprint density at radius 3 is 2.67 bits per heavy atom. The lowest BCUT2D eigenvalue weighted by Gasteiger charge is -2.07. The molecule has 1 aromatic heterocycles. The fourth-order valence-corrected chi connectivity index (χ4v) is 1.56. The minimum absolute atomic E-state index is 0.0833. The van der Waals surface area contributed by atoms with Crippen LogP contribution in [0.3, 0.4) is 0 Å². The molecule has 0 bridgehead atoms. The molecule has 0 radical (unpaired) electrons. The molecule has 5 heteroatoms. The predicted octanol–water partition coefficient (Wildman–Crippen LogP) is 1.49. The monoisotopic (exact) mass is 245 g/mol. The van der Waals surface area contributed by atoms with Gasteiger partial charge in [-0.1, -0.05) is 12.1 Å². The summed E-state index contributed by atoms with van der Waals surface area (Å²) in [4.78, 5) is 8.36. The summed E-state index contributed by atoms with van der Waals surface area (Å²) in [6.45, 7) is 2.90. The Balaban J connectivity index is 1.92. The van der Waals surface area contributed by atoms with Gasteiger partial charge in [-0.15, -0.1) is 0 Å². The molecule has 0 amide bonds. The van der Waals surface area contributed by atoms with E-state index in [1.807, 2.05) is 6.92 Å². The van der Waals surface area contributed by atoms with Gasteiger partial charge in [-0.25, -0.2) is 0 Å². The zero-order chi connectivity index (χ0) is 13.0. The first-order valence-corrected chi connectivity index (χ1v) is 5.65. The molecule has 1 aromatic carbocycles. The van der Waals surface area contributed by atoms with Crippen LogP contribution in [0.5, 0.6) is 11.5 Å². The number of phenols is 2. The van der Waals surface area contributed by atoms with Gasteiger partial charge in [0.2, 0.25) is 0 Å². The zero-order valence-corrected chi connectivity index (χ0v) is 10.1. The molecule has 0 aliphatic rings. The maximum absolute atomic E-state index is 9.61. The van der Waals surface area contributed by atoms with Gasteiger partial charge in [0.25, 0.3) is 0 Å². The fourth-order valence-electron chi connectivity index (χ4n) is 1.56. The molecule has 0 aliphatic carbocycles. The summed E-state index contributed by atoms with van der Waals surface area (Å²) in [5.41, 5.74) is 2.36. The van der Waals surface area contributed by atoms with E-state index in [1.54, 1.807) is 24.5 Å². The number of hydrogen-bond acceptors (Lipinski definition) is 5. The molecular weight excluding hydrogens is 230 g/mol. The van der Waals surface area contributed by atoms with Gasteiger partial charge in [0.15, 0.2) is 11.5 Å². The summed E-state index contributed by atoms with van der Waals surface area (Å²) < 4.78 is 0. The second-order valence-electron chi connectivity index (χ2n) is 4.04. The third-order valence-electron chi connectivity index (χ3n) is 2.55. The second kappa shape index (κ2) is 5.46. The topological polar surface area (TPSA) is 78.3 Å². The number of rotatable bonds is 4. The SMILES string of the molecule is Cc1cnc(CNCc2cccc(O)c2O)cn1. The van der Waals surface area contributed by atoms with E-state index in [2.05, 4.69) is 15.3 Å². The molecule has 3 N–H and O–H groups in total. The lowest BCUT2D eigenvalue weighted by Crippen LogP contribution is -2.14. The van der Waals surface area contributed by atoms with Crippen molar-refractivity contribution in [2.24, 2.45) is 0 Å². The molecule has 0 saturated carbocycles. The van der Waals surface area contributed by atoms with Crippen molar-refractivity contribution in [1.29, 1.82) is 0 Å². The molecule has 2 rings (SSSR count). The van der Waals surface area contributed by atoms with Crippen LogP contribution in [0.2, 0.25) is 0 Å². The van der Waals surface area contributed by atoms with Crippen molar-refractivity contribution in [1.82, 2.24) is 15.3 Å². The van der Waals surface area contributed by atoms with Gasteiger partial charge in [0, 0.05) is 31.0 Å². The molecule has 18 heavy (non-hydrogen) atoms. The Labute approximate surface area is 105 Å². The first-order chi connectivity index (χ1) is 8.66. The number of aromatic hydroxyl groups is 2. The van der Waals surface area contributed by atoms with Gasteiger partial charge in [0.1, 0.15) is 0 Å². The first-order valence-electron chi connectivity index (χ1n) is 5.65. The van der Waals surface area contributed by atoms with Crippen molar-refractivity contribution in [3.05, 3.63) is 47.5 Å². The minimum Gasteiger partial charge on any atom is -0.504 e. The van der Waals surface area contributed by atoms with E-state index in [0.29, 0.717) is 18.7 Å². The molecule has 0 unspecified atom stereocenters. The highest BCUT2D eigenvalue weighted by Gasteiger charge is 2.05. The number of aromatic nitrogens is 2. The molecule has 5 nitrogen and oxygen atoms in total. The first kappa shape index (κ1) is 12.3. The van der Waals surface area contributed by atoms with E-state index < -0.39 is 0 Å². The highest BCUT2D eigenvalue weighted by atomic mass is 16.3. The molecular formula is C13H15N3O2. The van der Waals surface area contributed by atoms with Crippen molar-refractivity contribution in [2.45, 2.75) is 20.0 Å². The standard InChI is InChI=1S/C13H15N3O2/c1-9-5-16-11(8-15-9)7-14-6-10-3-2-4-12(17)13(10)18/h2-5,8,14,17-18H,6-7H2,1H3. The minimum atomic E-state index is -0.107. The van der Waals surface area contributed by atoms with Crippen LogP contribution in [-0.4, -0.2) is 20.2 Å². The van der Waals surface area contributed by atoms with Crippen LogP contribution < -0.4 is 5.32 Å². The van der Waals surface area contributed by atoms with Gasteiger partial charge < -0.3 is 15.5 Å². The zero-order valence-electron chi connectivity index (χ0n) is 10.1. The quantitative estimate of drug-likeness (QED) is 0.711. The van der Waals surface area contributed by atoms with E-state index in [-0.39, 0.29) is 11.5 Å². The van der Waals surface area contributed by atoms with Crippen molar-refractivity contribution in [2.75, 3.05) is 0 Å². The Morgan fingerprint density at radius 1 is 1.11 bits per heavy atom. The molecule has 1 heterocycles. The maximum atomic E-state index is 9.61. The van der Waals surface area contributed by atoms with Crippen LogP contribution in [0.25, 0.3) is 0 Å². The molecule has 0 spiro atoms. The van der Waals surface area contributed by atoms with Crippen molar-refractivity contribution >= 4 is 0 Å². The number of aryl methyl sites for hydroxylation is 1. The maximum Gasteiger partial charge on any atom is 0.161 e. The molecule has 0 atom stereocenters. The Morgan fingerprint density at radius 2 is 1.94 bits per heavy atom. The van der Waals surface area contributed by atoms with Crippen molar-refractivity contribution in [3.63, 3.8) is 0 Å². The summed E-state index contributed by atoms with van der Waals surface area (Å²) in [7, 11) is 0. The van der Waals surface area contributed by atoms with E-state index >= 15 is 0 Å². The summed E-state index contributed by atoms with van der Waals surface area (Å²) in [5, 5.41) is 22.1. The van der Waals surface area contributed by atoms with Gasteiger partial charge in [0.05, 0.1) is 11.4 Å². The van der Waals surface area contributed by atoms with Gasteiger partial charge in [-0.05, 0) is 13.0 Å². The molecule has 94 valence electrons. The average molecular weight is 245 g/mol. The summed E-state index contributed by atoms with van der Waals surface area (Å²) >= 11 is 0. The van der Waals surface area contributed by atoms with Crippen LogP contribution in [0.1, 0.15) is 17.0 Å². The largest absolute Gasteiger partial charge is 0.504 e. The number of phenolic OH excluding ortho intramolecular Hbond substituents is 2. The number of para-hydroxylation sites is 1. The highest BCUT2D eigenvalue weighted by Crippen LogP contribution is 2.27. The number of benzene rings is 1. The highest BCUT2D eigenvalue weighted by molar-refractivity contribution is 5.44. The van der Waals surface area contributed by atoms with Crippen molar-refractivity contribution < 1.29 is 10.2 Å². The molecule has 0 aliphatic heterocycles. The second-order valence-corrected chi connectivity index (χ2v) is 4.04. The summed E-state index contributed by atoms with van der Waals surface area (Å²) in [5.74, 6) is -0.190. The molecule has 2 aromatic rings. The smallest absolute Gasteiger partial charge is 0.161 e. The number of nitrogens with one attached hydrogen (secondary N) is 1. The Kier molecular flexibility index (Phi) is 3.74. The van der Waals surface area contributed by atoms with Crippen LogP contribution in [0, 0.1) is 6.92 Å². The van der Waals surface area contributed by atoms with E-state index in [9.17, 15) is 10.2 Å². The van der Waals surface area contributed by atoms with Crippen molar-refractivity contribution in [3.8, 4) is 11.5 Å². The van der Waals surface area contributed by atoms with Gasteiger partial charge in [-0.3, -0.25) is 9.97 Å². The predicted molar refractivity (Wildman–Crippen MR) is 67.1 cm³/mol. The van der Waals surface area contributed by atoms with Crippen LogP contribution in [-0.2, 0) is 13.1 Å². The summed E-state index contributed by atoms with van der Waals surface area (Å²) in [6, 6.07) is 4.89. The summed E-state index contributed by atoms with van der Waals surface area (Å²) in [6.07, 6.45) is 3.42. The van der Waals surface area contributed by atoms with E-state index in [0.717, 1.165) is 11.4 Å². The number of hydrogen-bond donors (Lipinski definition) is 3. The normalized spacial score (nSPS) is 10.5. The van der Waals surface area contributed by atoms with Crippen LogP contribution in [0.4, 0.5) is 0 Å². The Bertz CT molecular complexity index is 526.